The van der Waals surface area contributed by atoms with Crippen LogP contribution in [0.25, 0.3) is 0 Å². The summed E-state index contributed by atoms with van der Waals surface area (Å²) in [7, 11) is 4.07. The lowest BCUT2D eigenvalue weighted by molar-refractivity contribution is 0.332. The molecule has 0 aliphatic rings. The molecular formula is C18H24N2. The van der Waals surface area contributed by atoms with Crippen molar-refractivity contribution < 1.29 is 0 Å². The molecular weight excluding hydrogens is 244 g/mol. The van der Waals surface area contributed by atoms with Crippen molar-refractivity contribution in [3.05, 3.63) is 71.8 Å². The van der Waals surface area contributed by atoms with Gasteiger partial charge in [0.15, 0.2) is 0 Å². The van der Waals surface area contributed by atoms with Gasteiger partial charge in [-0.3, -0.25) is 0 Å². The molecule has 0 unspecified atom stereocenters. The van der Waals surface area contributed by atoms with Crippen molar-refractivity contribution in [3.63, 3.8) is 0 Å². The van der Waals surface area contributed by atoms with Gasteiger partial charge < -0.3 is 10.6 Å². The molecule has 0 aliphatic heterocycles. The molecule has 0 aromatic heterocycles. The third-order valence-electron chi connectivity index (χ3n) is 3.82. The van der Waals surface area contributed by atoms with Gasteiger partial charge in [0.05, 0.1) is 0 Å². The molecule has 2 aromatic carbocycles. The second kappa shape index (κ2) is 7.22. The van der Waals surface area contributed by atoms with Crippen molar-refractivity contribution in [3.8, 4) is 0 Å². The van der Waals surface area contributed by atoms with Crippen LogP contribution >= 0.6 is 0 Å². The first kappa shape index (κ1) is 14.8. The predicted octanol–water partition coefficient (Wildman–Crippen LogP) is 2.65. The number of hydrogen-bond donors (Lipinski definition) is 2. The lowest BCUT2D eigenvalue weighted by atomic mass is 9.84. The highest BCUT2D eigenvalue weighted by Crippen LogP contribution is 2.18. The van der Waals surface area contributed by atoms with E-state index in [2.05, 4.69) is 78.3 Å². The molecule has 20 heavy (non-hydrogen) atoms. The summed E-state index contributed by atoms with van der Waals surface area (Å²) in [5.41, 5.74) is 2.78. The molecule has 0 atom stereocenters. The average Bonchev–Trinajstić information content (AvgIpc) is 2.49. The van der Waals surface area contributed by atoms with Crippen LogP contribution in [-0.4, -0.2) is 26.2 Å². The van der Waals surface area contributed by atoms with Gasteiger partial charge in [-0.15, -0.1) is 0 Å². The first-order valence-electron chi connectivity index (χ1n) is 7.19. The summed E-state index contributed by atoms with van der Waals surface area (Å²) >= 11 is 0. The van der Waals surface area contributed by atoms with Gasteiger partial charge in [-0.2, -0.15) is 0 Å². The lowest BCUT2D eigenvalue weighted by Gasteiger charge is -2.34. The minimum Gasteiger partial charge on any atom is -0.318 e. The third kappa shape index (κ3) is 3.92. The van der Waals surface area contributed by atoms with E-state index in [0.717, 1.165) is 19.4 Å². The second-order valence-corrected chi connectivity index (χ2v) is 5.39. The maximum absolute atomic E-state index is 3.55. The fourth-order valence-corrected chi connectivity index (χ4v) is 2.76. The largest absolute Gasteiger partial charge is 0.318 e. The van der Waals surface area contributed by atoms with E-state index >= 15 is 0 Å². The molecule has 0 saturated heterocycles. The molecule has 0 saturated carbocycles. The fraction of sp³-hybridized carbons (Fsp3) is 0.333. The second-order valence-electron chi connectivity index (χ2n) is 5.39. The highest BCUT2D eigenvalue weighted by molar-refractivity contribution is 5.23. The first-order valence-corrected chi connectivity index (χ1v) is 7.19. The first-order chi connectivity index (χ1) is 9.78. The number of benzene rings is 2. The maximum atomic E-state index is 3.55. The van der Waals surface area contributed by atoms with E-state index in [9.17, 15) is 0 Å². The molecule has 0 radical (unpaired) electrons. The van der Waals surface area contributed by atoms with Gasteiger partial charge in [0, 0.05) is 12.1 Å². The SMILES string of the molecule is CNCC(Cc1ccccc1)(Cc1ccccc1)NC. The van der Waals surface area contributed by atoms with Crippen LogP contribution in [0.1, 0.15) is 11.1 Å². The standard InChI is InChI=1S/C18H24N2/c1-19-15-18(20-2,13-16-9-5-3-6-10-16)14-17-11-7-4-8-12-17/h3-12,19-20H,13-15H2,1-2H3. The molecule has 0 bridgehead atoms. The van der Waals surface area contributed by atoms with Gasteiger partial charge in [0.25, 0.3) is 0 Å². The van der Waals surface area contributed by atoms with Gasteiger partial charge in [-0.25, -0.2) is 0 Å². The van der Waals surface area contributed by atoms with Gasteiger partial charge in [-0.1, -0.05) is 60.7 Å². The van der Waals surface area contributed by atoms with E-state index in [4.69, 9.17) is 0 Å². The molecule has 0 aliphatic carbocycles. The highest BCUT2D eigenvalue weighted by atomic mass is 15.0. The minimum absolute atomic E-state index is 0.0391. The van der Waals surface area contributed by atoms with E-state index in [-0.39, 0.29) is 5.54 Å². The Kier molecular flexibility index (Phi) is 5.33. The molecule has 2 rings (SSSR count). The van der Waals surface area contributed by atoms with E-state index < -0.39 is 0 Å². The van der Waals surface area contributed by atoms with Crippen molar-refractivity contribution in [2.75, 3.05) is 20.6 Å². The van der Waals surface area contributed by atoms with Crippen LogP contribution in [0.4, 0.5) is 0 Å². The summed E-state index contributed by atoms with van der Waals surface area (Å²) in [5.74, 6) is 0. The van der Waals surface area contributed by atoms with Crippen LogP contribution in [0.15, 0.2) is 60.7 Å². The summed E-state index contributed by atoms with van der Waals surface area (Å²) in [6.07, 6.45) is 2.03. The molecule has 106 valence electrons. The number of likely N-dealkylation sites (N-methyl/N-ethyl adjacent to an activating group) is 2. The Balaban J connectivity index is 2.20. The zero-order valence-electron chi connectivity index (χ0n) is 12.4. The monoisotopic (exact) mass is 268 g/mol. The van der Waals surface area contributed by atoms with E-state index in [1.54, 1.807) is 0 Å². The van der Waals surface area contributed by atoms with Crippen LogP contribution in [-0.2, 0) is 12.8 Å². The molecule has 0 spiro atoms. The Labute approximate surface area is 122 Å². The highest BCUT2D eigenvalue weighted by Gasteiger charge is 2.28. The molecule has 0 fully saturated rings. The van der Waals surface area contributed by atoms with Crippen LogP contribution < -0.4 is 10.6 Å². The summed E-state index contributed by atoms with van der Waals surface area (Å²) in [6, 6.07) is 21.4. The number of rotatable bonds is 7. The molecule has 2 aromatic rings. The van der Waals surface area contributed by atoms with E-state index in [0.29, 0.717) is 0 Å². The van der Waals surface area contributed by atoms with Crippen LogP contribution in [0, 0.1) is 0 Å². The summed E-state index contributed by atoms with van der Waals surface area (Å²) in [6.45, 7) is 0.938. The van der Waals surface area contributed by atoms with Crippen LogP contribution in [0.3, 0.4) is 0 Å². The summed E-state index contributed by atoms with van der Waals surface area (Å²) in [4.78, 5) is 0. The van der Waals surface area contributed by atoms with E-state index in [1.807, 2.05) is 7.05 Å². The number of hydrogen-bond acceptors (Lipinski definition) is 2. The van der Waals surface area contributed by atoms with Crippen molar-refractivity contribution in [2.24, 2.45) is 0 Å². The Bertz CT molecular complexity index is 452. The van der Waals surface area contributed by atoms with Gasteiger partial charge in [0.1, 0.15) is 0 Å². The maximum Gasteiger partial charge on any atom is 0.0384 e. The molecule has 0 heterocycles. The fourth-order valence-electron chi connectivity index (χ4n) is 2.76. The number of nitrogens with one attached hydrogen (secondary N) is 2. The Morgan fingerprint density at radius 1 is 0.750 bits per heavy atom. The predicted molar refractivity (Wildman–Crippen MR) is 86.0 cm³/mol. The van der Waals surface area contributed by atoms with Crippen molar-refractivity contribution in [1.82, 2.24) is 10.6 Å². The average molecular weight is 268 g/mol. The Morgan fingerprint density at radius 2 is 1.20 bits per heavy atom. The molecule has 2 nitrogen and oxygen atoms in total. The smallest absolute Gasteiger partial charge is 0.0384 e. The van der Waals surface area contributed by atoms with Crippen molar-refractivity contribution >= 4 is 0 Å². The van der Waals surface area contributed by atoms with Crippen LogP contribution in [0.5, 0.6) is 0 Å². The normalized spacial score (nSPS) is 11.5. The van der Waals surface area contributed by atoms with E-state index in [1.165, 1.54) is 11.1 Å². The summed E-state index contributed by atoms with van der Waals surface area (Å²) < 4.78 is 0. The molecule has 2 N–H and O–H groups in total. The van der Waals surface area contributed by atoms with Crippen molar-refractivity contribution in [2.45, 2.75) is 18.4 Å². The topological polar surface area (TPSA) is 24.1 Å². The van der Waals surface area contributed by atoms with Gasteiger partial charge in [0.2, 0.25) is 0 Å². The lowest BCUT2D eigenvalue weighted by Crippen LogP contribution is -2.53. The minimum atomic E-state index is 0.0391. The quantitative estimate of drug-likeness (QED) is 0.806. The zero-order valence-corrected chi connectivity index (χ0v) is 12.4. The van der Waals surface area contributed by atoms with Crippen LogP contribution in [0.2, 0.25) is 0 Å². The van der Waals surface area contributed by atoms with Gasteiger partial charge >= 0.3 is 0 Å². The molecule has 0 amide bonds. The third-order valence-corrected chi connectivity index (χ3v) is 3.82. The zero-order chi connectivity index (χ0) is 14.3. The Morgan fingerprint density at radius 3 is 1.55 bits per heavy atom. The summed E-state index contributed by atoms with van der Waals surface area (Å²) in [5, 5.41) is 6.89. The van der Waals surface area contributed by atoms with Gasteiger partial charge in [-0.05, 0) is 38.1 Å². The Hall–Kier alpha value is -1.64. The molecule has 2 heteroatoms. The van der Waals surface area contributed by atoms with Crippen molar-refractivity contribution in [1.29, 1.82) is 0 Å².